The van der Waals surface area contributed by atoms with Crippen molar-refractivity contribution in [1.82, 2.24) is 4.90 Å². The Labute approximate surface area is 139 Å². The first-order valence-corrected chi connectivity index (χ1v) is 8.51. The molecule has 2 aromatic carbocycles. The number of nitrogens with zero attached hydrogens (tertiary/aromatic N) is 1. The Kier molecular flexibility index (Phi) is 5.12. The van der Waals surface area contributed by atoms with Gasteiger partial charge in [0.05, 0.1) is 0 Å². The van der Waals surface area contributed by atoms with E-state index < -0.39 is 0 Å². The summed E-state index contributed by atoms with van der Waals surface area (Å²) in [6.07, 6.45) is 5.97. The van der Waals surface area contributed by atoms with Gasteiger partial charge in [0.2, 0.25) is 0 Å². The van der Waals surface area contributed by atoms with Gasteiger partial charge in [-0.05, 0) is 43.0 Å². The first kappa shape index (κ1) is 15.8. The second kappa shape index (κ2) is 7.45. The van der Waals surface area contributed by atoms with Crippen LogP contribution in [0.4, 0.5) is 0 Å². The summed E-state index contributed by atoms with van der Waals surface area (Å²) in [5, 5.41) is 0. The predicted molar refractivity (Wildman–Crippen MR) is 94.1 cm³/mol. The highest BCUT2D eigenvalue weighted by Gasteiger charge is 2.26. The van der Waals surface area contributed by atoms with Gasteiger partial charge in [-0.25, -0.2) is 0 Å². The van der Waals surface area contributed by atoms with E-state index in [-0.39, 0.29) is 5.91 Å². The molecule has 1 aliphatic carbocycles. The van der Waals surface area contributed by atoms with Crippen LogP contribution in [0.15, 0.2) is 54.6 Å². The summed E-state index contributed by atoms with van der Waals surface area (Å²) in [6.45, 7) is 4.59. The van der Waals surface area contributed by atoms with Crippen LogP contribution in [0.5, 0.6) is 0 Å². The van der Waals surface area contributed by atoms with Crippen LogP contribution >= 0.6 is 0 Å². The summed E-state index contributed by atoms with van der Waals surface area (Å²) in [7, 11) is 0. The zero-order valence-corrected chi connectivity index (χ0v) is 13.6. The Balaban J connectivity index is 1.84. The molecule has 0 unspecified atom stereocenters. The third kappa shape index (κ3) is 4.01. The molecule has 2 aromatic rings. The summed E-state index contributed by atoms with van der Waals surface area (Å²) in [5.41, 5.74) is 2.90. The fraction of sp³-hybridized carbons (Fsp3) is 0.333. The van der Waals surface area contributed by atoms with Crippen molar-refractivity contribution < 1.29 is 4.79 Å². The molecule has 23 heavy (non-hydrogen) atoms. The van der Waals surface area contributed by atoms with E-state index in [1.54, 1.807) is 0 Å². The molecule has 0 aliphatic heterocycles. The minimum atomic E-state index is 0.140. The highest BCUT2D eigenvalue weighted by Crippen LogP contribution is 2.25. The van der Waals surface area contributed by atoms with Gasteiger partial charge in [-0.3, -0.25) is 4.79 Å². The Morgan fingerprint density at radius 1 is 0.957 bits per heavy atom. The molecule has 0 spiro atoms. The average molecular weight is 306 g/mol. The largest absolute Gasteiger partial charge is 0.331 e. The van der Waals surface area contributed by atoms with Crippen molar-refractivity contribution in [2.75, 3.05) is 0 Å². The molecule has 1 aliphatic rings. The van der Waals surface area contributed by atoms with Gasteiger partial charge >= 0.3 is 0 Å². The maximum atomic E-state index is 13.1. The van der Waals surface area contributed by atoms with Crippen molar-refractivity contribution in [1.29, 1.82) is 0 Å². The first-order chi connectivity index (χ1) is 11.2. The van der Waals surface area contributed by atoms with Gasteiger partial charge in [-0.2, -0.15) is 0 Å². The molecule has 1 fully saturated rings. The lowest BCUT2D eigenvalue weighted by Crippen LogP contribution is -2.41. The standard InChI is InChI=1S/C21H24NO/c1-17-12-14-19(15-13-17)21(23)22(20-10-6-3-7-11-20)16-18-8-4-2-5-9-18/h2,4-5,8-9,12-15,20H,1,3,6-7,10-11,16H2. The lowest BCUT2D eigenvalue weighted by Gasteiger charge is -2.34. The minimum Gasteiger partial charge on any atom is -0.331 e. The van der Waals surface area contributed by atoms with E-state index in [9.17, 15) is 4.79 Å². The topological polar surface area (TPSA) is 20.3 Å². The first-order valence-electron chi connectivity index (χ1n) is 8.51. The minimum absolute atomic E-state index is 0.140. The van der Waals surface area contributed by atoms with E-state index >= 15 is 0 Å². The highest BCUT2D eigenvalue weighted by atomic mass is 16.2. The van der Waals surface area contributed by atoms with Gasteiger partial charge in [0, 0.05) is 18.2 Å². The molecule has 0 bridgehead atoms. The van der Waals surface area contributed by atoms with Gasteiger partial charge in [0.25, 0.3) is 5.91 Å². The molecule has 1 saturated carbocycles. The molecule has 3 rings (SSSR count). The molecule has 119 valence electrons. The number of rotatable bonds is 4. The zero-order valence-electron chi connectivity index (χ0n) is 13.6. The van der Waals surface area contributed by atoms with Crippen molar-refractivity contribution in [3.63, 3.8) is 0 Å². The van der Waals surface area contributed by atoms with E-state index in [1.807, 2.05) is 42.5 Å². The Morgan fingerprint density at radius 3 is 2.26 bits per heavy atom. The van der Waals surface area contributed by atoms with Gasteiger partial charge < -0.3 is 4.90 Å². The van der Waals surface area contributed by atoms with Crippen LogP contribution in [0.3, 0.4) is 0 Å². The van der Waals surface area contributed by atoms with Gasteiger partial charge in [0.1, 0.15) is 0 Å². The van der Waals surface area contributed by atoms with Crippen molar-refractivity contribution in [2.45, 2.75) is 44.7 Å². The van der Waals surface area contributed by atoms with Crippen LogP contribution in [-0.4, -0.2) is 16.8 Å². The second-order valence-electron chi connectivity index (χ2n) is 6.41. The molecule has 0 heterocycles. The van der Waals surface area contributed by atoms with Crippen LogP contribution in [0, 0.1) is 6.92 Å². The smallest absolute Gasteiger partial charge is 0.254 e. The van der Waals surface area contributed by atoms with E-state index in [0.717, 1.165) is 24.0 Å². The van der Waals surface area contributed by atoms with E-state index in [2.05, 4.69) is 24.0 Å². The summed E-state index contributed by atoms with van der Waals surface area (Å²) < 4.78 is 0. The van der Waals surface area contributed by atoms with E-state index in [4.69, 9.17) is 0 Å². The quantitative estimate of drug-likeness (QED) is 0.791. The molecule has 0 N–H and O–H groups in total. The summed E-state index contributed by atoms with van der Waals surface area (Å²) in [4.78, 5) is 15.1. The van der Waals surface area contributed by atoms with Crippen molar-refractivity contribution in [3.05, 3.63) is 78.2 Å². The zero-order chi connectivity index (χ0) is 16.1. The fourth-order valence-corrected chi connectivity index (χ4v) is 3.35. The molecule has 1 radical (unpaired) electrons. The van der Waals surface area contributed by atoms with Crippen molar-refractivity contribution >= 4 is 5.91 Å². The maximum absolute atomic E-state index is 13.1. The summed E-state index contributed by atoms with van der Waals surface area (Å²) in [5.74, 6) is 0.140. The molecule has 1 amide bonds. The van der Waals surface area contributed by atoms with Crippen LogP contribution in [0.25, 0.3) is 0 Å². The highest BCUT2D eigenvalue weighted by molar-refractivity contribution is 5.94. The number of carbonyl (C=O) groups excluding carboxylic acids is 1. The Morgan fingerprint density at radius 2 is 1.61 bits per heavy atom. The predicted octanol–water partition coefficient (Wildman–Crippen LogP) is 4.84. The normalized spacial score (nSPS) is 15.3. The van der Waals surface area contributed by atoms with Crippen molar-refractivity contribution in [3.8, 4) is 0 Å². The summed E-state index contributed by atoms with van der Waals surface area (Å²) in [6, 6.07) is 18.3. The van der Waals surface area contributed by atoms with Crippen LogP contribution in [-0.2, 0) is 6.54 Å². The van der Waals surface area contributed by atoms with Crippen LogP contribution in [0.2, 0.25) is 0 Å². The van der Waals surface area contributed by atoms with Gasteiger partial charge in [-0.1, -0.05) is 61.7 Å². The van der Waals surface area contributed by atoms with Crippen LogP contribution < -0.4 is 0 Å². The Bertz CT molecular complexity index is 627. The number of hydrogen-bond donors (Lipinski definition) is 0. The third-order valence-corrected chi connectivity index (χ3v) is 4.67. The average Bonchev–Trinajstić information content (AvgIpc) is 2.61. The molecule has 0 saturated heterocycles. The number of hydrogen-bond acceptors (Lipinski definition) is 1. The monoisotopic (exact) mass is 306 g/mol. The van der Waals surface area contributed by atoms with E-state index in [0.29, 0.717) is 12.6 Å². The maximum Gasteiger partial charge on any atom is 0.254 e. The third-order valence-electron chi connectivity index (χ3n) is 4.67. The molecule has 2 nitrogen and oxygen atoms in total. The lowest BCUT2D eigenvalue weighted by atomic mass is 9.93. The lowest BCUT2D eigenvalue weighted by molar-refractivity contribution is 0.0614. The molecular formula is C21H24NO. The van der Waals surface area contributed by atoms with Crippen molar-refractivity contribution in [2.24, 2.45) is 0 Å². The van der Waals surface area contributed by atoms with E-state index in [1.165, 1.54) is 24.8 Å². The number of carbonyl (C=O) groups is 1. The van der Waals surface area contributed by atoms with Gasteiger partial charge in [0.15, 0.2) is 0 Å². The summed E-state index contributed by atoms with van der Waals surface area (Å²) >= 11 is 0. The van der Waals surface area contributed by atoms with Gasteiger partial charge in [-0.15, -0.1) is 0 Å². The molecule has 0 atom stereocenters. The molecular weight excluding hydrogens is 282 g/mol. The SMILES string of the molecule is [CH2]c1ccc(C(=O)N(Cc2ccccc2)C2CCCCC2)cc1. The molecule has 2 heteroatoms. The fourth-order valence-electron chi connectivity index (χ4n) is 3.35. The second-order valence-corrected chi connectivity index (χ2v) is 6.41. The molecule has 0 aromatic heterocycles. The number of benzene rings is 2. The Hall–Kier alpha value is -2.09. The number of amides is 1. The van der Waals surface area contributed by atoms with Crippen LogP contribution in [0.1, 0.15) is 53.6 Å².